The molecule has 0 radical (unpaired) electrons. The van der Waals surface area contributed by atoms with Crippen molar-refractivity contribution in [2.24, 2.45) is 0 Å². The first kappa shape index (κ1) is 13.2. The zero-order valence-corrected chi connectivity index (χ0v) is 11.9. The highest BCUT2D eigenvalue weighted by molar-refractivity contribution is 5.99. The summed E-state index contributed by atoms with van der Waals surface area (Å²) in [7, 11) is 0. The summed E-state index contributed by atoms with van der Waals surface area (Å²) in [5, 5.41) is 3.17. The molecule has 1 fully saturated rings. The van der Waals surface area contributed by atoms with Crippen LogP contribution >= 0.6 is 0 Å². The Morgan fingerprint density at radius 1 is 1.25 bits per heavy atom. The molecule has 3 rings (SSSR count). The Morgan fingerprint density at radius 3 is 2.75 bits per heavy atom. The van der Waals surface area contributed by atoms with Gasteiger partial charge in [-0.1, -0.05) is 31.7 Å². The van der Waals surface area contributed by atoms with Crippen LogP contribution in [0.15, 0.2) is 24.4 Å². The van der Waals surface area contributed by atoms with Crippen LogP contribution in [0.3, 0.4) is 0 Å². The molecule has 2 aromatic rings. The van der Waals surface area contributed by atoms with Crippen LogP contribution < -0.4 is 5.32 Å². The Hall–Kier alpha value is -1.84. The minimum atomic E-state index is -0.0336. The molecule has 1 N–H and O–H groups in total. The first-order valence-corrected chi connectivity index (χ1v) is 7.50. The van der Waals surface area contributed by atoms with Gasteiger partial charge >= 0.3 is 0 Å². The van der Waals surface area contributed by atoms with E-state index in [9.17, 15) is 4.79 Å². The lowest BCUT2D eigenvalue weighted by molar-refractivity contribution is 0.0930. The monoisotopic (exact) mass is 271 g/mol. The van der Waals surface area contributed by atoms with Crippen LogP contribution in [0.4, 0.5) is 0 Å². The number of imidazole rings is 1. The maximum atomic E-state index is 12.5. The van der Waals surface area contributed by atoms with Gasteiger partial charge in [-0.3, -0.25) is 4.79 Å². The number of fused-ring (bicyclic) bond motifs is 1. The normalized spacial score (nSPS) is 17.1. The summed E-state index contributed by atoms with van der Waals surface area (Å²) in [6.45, 7) is 1.93. The number of hydrogen-bond donors (Lipinski definition) is 1. The van der Waals surface area contributed by atoms with Gasteiger partial charge in [0.05, 0.1) is 5.52 Å². The maximum Gasteiger partial charge on any atom is 0.272 e. The molecule has 20 heavy (non-hydrogen) atoms. The van der Waals surface area contributed by atoms with Gasteiger partial charge in [-0.2, -0.15) is 0 Å². The molecule has 2 aromatic heterocycles. The molecule has 4 nitrogen and oxygen atoms in total. The molecule has 0 unspecified atom stereocenters. The van der Waals surface area contributed by atoms with Crippen LogP contribution in [-0.2, 0) is 0 Å². The smallest absolute Gasteiger partial charge is 0.272 e. The number of carbonyl (C=O) groups is 1. The van der Waals surface area contributed by atoms with E-state index >= 15 is 0 Å². The van der Waals surface area contributed by atoms with Crippen LogP contribution in [0.1, 0.15) is 54.8 Å². The molecule has 0 spiro atoms. The van der Waals surface area contributed by atoms with E-state index in [0.717, 1.165) is 24.2 Å². The number of aryl methyl sites for hydroxylation is 1. The van der Waals surface area contributed by atoms with Crippen molar-refractivity contribution in [2.75, 3.05) is 0 Å². The van der Waals surface area contributed by atoms with Crippen LogP contribution in [0.25, 0.3) is 5.52 Å². The summed E-state index contributed by atoms with van der Waals surface area (Å²) in [4.78, 5) is 16.9. The van der Waals surface area contributed by atoms with Crippen molar-refractivity contribution in [1.29, 1.82) is 0 Å². The fourth-order valence-electron chi connectivity index (χ4n) is 3.04. The van der Waals surface area contributed by atoms with E-state index in [0.29, 0.717) is 11.7 Å². The summed E-state index contributed by atoms with van der Waals surface area (Å²) in [6.07, 6.45) is 9.15. The molecule has 1 aliphatic carbocycles. The van der Waals surface area contributed by atoms with Crippen molar-refractivity contribution in [2.45, 2.75) is 51.5 Å². The second-order valence-corrected chi connectivity index (χ2v) is 5.63. The minimum Gasteiger partial charge on any atom is -0.348 e. The van der Waals surface area contributed by atoms with Crippen LogP contribution in [-0.4, -0.2) is 21.3 Å². The molecule has 0 saturated heterocycles. The Balaban J connectivity index is 1.81. The van der Waals surface area contributed by atoms with Gasteiger partial charge in [0.15, 0.2) is 5.69 Å². The topological polar surface area (TPSA) is 46.4 Å². The number of nitrogens with zero attached hydrogens (tertiary/aromatic N) is 2. The Labute approximate surface area is 119 Å². The average molecular weight is 271 g/mol. The molecule has 0 atom stereocenters. The number of pyridine rings is 1. The van der Waals surface area contributed by atoms with Crippen molar-refractivity contribution in [1.82, 2.24) is 14.7 Å². The van der Waals surface area contributed by atoms with E-state index in [1.54, 1.807) is 0 Å². The van der Waals surface area contributed by atoms with Gasteiger partial charge in [0, 0.05) is 12.2 Å². The highest BCUT2D eigenvalue weighted by atomic mass is 16.2. The molecule has 1 aliphatic rings. The zero-order chi connectivity index (χ0) is 13.9. The highest BCUT2D eigenvalue weighted by Crippen LogP contribution is 2.18. The molecule has 4 heteroatoms. The second-order valence-electron chi connectivity index (χ2n) is 5.63. The van der Waals surface area contributed by atoms with Crippen LogP contribution in [0, 0.1) is 6.92 Å². The number of carbonyl (C=O) groups excluding carboxylic acids is 1. The van der Waals surface area contributed by atoms with Crippen molar-refractivity contribution in [3.8, 4) is 0 Å². The number of amides is 1. The molecule has 0 aromatic carbocycles. The lowest BCUT2D eigenvalue weighted by atomic mass is 10.1. The Kier molecular flexibility index (Phi) is 3.72. The molecule has 0 aliphatic heterocycles. The van der Waals surface area contributed by atoms with Crippen molar-refractivity contribution in [3.05, 3.63) is 35.9 Å². The third-order valence-corrected chi connectivity index (χ3v) is 4.13. The molecule has 2 heterocycles. The van der Waals surface area contributed by atoms with E-state index in [-0.39, 0.29) is 5.91 Å². The Morgan fingerprint density at radius 2 is 2.00 bits per heavy atom. The van der Waals surface area contributed by atoms with Crippen molar-refractivity contribution >= 4 is 11.4 Å². The number of nitrogens with one attached hydrogen (secondary N) is 1. The summed E-state index contributed by atoms with van der Waals surface area (Å²) in [6, 6.07) is 6.15. The molecule has 1 amide bonds. The van der Waals surface area contributed by atoms with E-state index in [1.807, 2.05) is 35.7 Å². The lowest BCUT2D eigenvalue weighted by Gasteiger charge is -2.15. The van der Waals surface area contributed by atoms with Gasteiger partial charge in [-0.15, -0.1) is 0 Å². The second kappa shape index (κ2) is 5.65. The van der Waals surface area contributed by atoms with E-state index < -0.39 is 0 Å². The van der Waals surface area contributed by atoms with E-state index in [2.05, 4.69) is 10.3 Å². The molecular weight excluding hydrogens is 250 g/mol. The molecule has 1 saturated carbocycles. The third kappa shape index (κ3) is 2.55. The largest absolute Gasteiger partial charge is 0.348 e. The lowest BCUT2D eigenvalue weighted by Crippen LogP contribution is -2.34. The maximum absolute atomic E-state index is 12.5. The van der Waals surface area contributed by atoms with Gasteiger partial charge in [0.2, 0.25) is 0 Å². The molecule has 106 valence electrons. The fourth-order valence-corrected chi connectivity index (χ4v) is 3.04. The quantitative estimate of drug-likeness (QED) is 0.853. The summed E-state index contributed by atoms with van der Waals surface area (Å²) < 4.78 is 1.96. The zero-order valence-electron chi connectivity index (χ0n) is 11.9. The van der Waals surface area contributed by atoms with Crippen LogP contribution in [0.5, 0.6) is 0 Å². The van der Waals surface area contributed by atoms with Gasteiger partial charge < -0.3 is 9.72 Å². The summed E-state index contributed by atoms with van der Waals surface area (Å²) in [5.41, 5.74) is 1.43. The third-order valence-electron chi connectivity index (χ3n) is 4.13. The Bertz CT molecular complexity index is 609. The fraction of sp³-hybridized carbons (Fsp3) is 0.500. The van der Waals surface area contributed by atoms with Crippen molar-refractivity contribution < 1.29 is 4.79 Å². The highest BCUT2D eigenvalue weighted by Gasteiger charge is 2.19. The van der Waals surface area contributed by atoms with Crippen molar-refractivity contribution in [3.63, 3.8) is 0 Å². The molecular formula is C16H21N3O. The SMILES string of the molecule is Cc1nc(C(=O)NC2CCCCCC2)c2ccccn12. The van der Waals surface area contributed by atoms with E-state index in [4.69, 9.17) is 0 Å². The standard InChI is InChI=1S/C16H21N3O/c1-12-17-15(14-10-6-7-11-19(12)14)16(20)18-13-8-4-2-3-5-9-13/h6-7,10-11,13H,2-5,8-9H2,1H3,(H,18,20). The van der Waals surface area contributed by atoms with Crippen LogP contribution in [0.2, 0.25) is 0 Å². The summed E-state index contributed by atoms with van der Waals surface area (Å²) in [5.74, 6) is 0.820. The van der Waals surface area contributed by atoms with Gasteiger partial charge in [0.25, 0.3) is 5.91 Å². The van der Waals surface area contributed by atoms with Gasteiger partial charge in [-0.05, 0) is 31.9 Å². The minimum absolute atomic E-state index is 0.0336. The summed E-state index contributed by atoms with van der Waals surface area (Å²) >= 11 is 0. The van der Waals surface area contributed by atoms with Gasteiger partial charge in [-0.25, -0.2) is 4.98 Å². The first-order valence-electron chi connectivity index (χ1n) is 7.50. The average Bonchev–Trinajstić information content (AvgIpc) is 2.64. The number of rotatable bonds is 2. The van der Waals surface area contributed by atoms with E-state index in [1.165, 1.54) is 25.7 Å². The number of hydrogen-bond acceptors (Lipinski definition) is 2. The first-order chi connectivity index (χ1) is 9.75. The predicted octanol–water partition coefficient (Wildman–Crippen LogP) is 3.10. The predicted molar refractivity (Wildman–Crippen MR) is 78.9 cm³/mol. The number of aromatic nitrogens is 2. The van der Waals surface area contributed by atoms with Gasteiger partial charge in [0.1, 0.15) is 5.82 Å². The molecule has 0 bridgehead atoms.